The Hall–Kier alpha value is -5.19. The van der Waals surface area contributed by atoms with Gasteiger partial charge in [0.25, 0.3) is 5.91 Å². The zero-order valence-electron chi connectivity index (χ0n) is 22.3. The molecule has 0 saturated carbocycles. The molecule has 0 radical (unpaired) electrons. The molecular formula is C31H25F3N4O4. The highest BCUT2D eigenvalue weighted by atomic mass is 19.1. The van der Waals surface area contributed by atoms with Gasteiger partial charge < -0.3 is 21.1 Å². The first kappa shape index (κ1) is 28.3. The van der Waals surface area contributed by atoms with Gasteiger partial charge in [-0.15, -0.1) is 0 Å². The lowest BCUT2D eigenvalue weighted by Gasteiger charge is -2.22. The average Bonchev–Trinajstić information content (AvgIpc) is 3.26. The number of anilines is 1. The summed E-state index contributed by atoms with van der Waals surface area (Å²) < 4.78 is 47.7. The Morgan fingerprint density at radius 1 is 1.05 bits per heavy atom. The predicted molar refractivity (Wildman–Crippen MR) is 148 cm³/mol. The van der Waals surface area contributed by atoms with Gasteiger partial charge in [0.15, 0.2) is 0 Å². The van der Waals surface area contributed by atoms with Crippen molar-refractivity contribution in [1.82, 2.24) is 10.3 Å². The number of benzene rings is 3. The van der Waals surface area contributed by atoms with E-state index in [1.54, 1.807) is 30.3 Å². The van der Waals surface area contributed by atoms with E-state index >= 15 is 0 Å². The predicted octanol–water partition coefficient (Wildman–Crippen LogP) is 4.80. The fraction of sp³-hybridized carbons (Fsp3) is 0.161. The van der Waals surface area contributed by atoms with E-state index in [1.165, 1.54) is 25.4 Å². The van der Waals surface area contributed by atoms with E-state index in [0.29, 0.717) is 28.1 Å². The maximum absolute atomic E-state index is 14.2. The van der Waals surface area contributed by atoms with Crippen LogP contribution in [0.4, 0.5) is 18.9 Å². The van der Waals surface area contributed by atoms with Gasteiger partial charge in [-0.3, -0.25) is 19.4 Å². The van der Waals surface area contributed by atoms with Gasteiger partial charge in [-0.25, -0.2) is 13.2 Å². The molecule has 1 aliphatic heterocycles. The lowest BCUT2D eigenvalue weighted by Crippen LogP contribution is -2.33. The first-order chi connectivity index (χ1) is 20.1. The number of carbonyl (C=O) groups excluding carboxylic acids is 3. The van der Waals surface area contributed by atoms with E-state index in [4.69, 9.17) is 10.5 Å². The lowest BCUT2D eigenvalue weighted by molar-refractivity contribution is -0.125. The molecule has 3 amide bonds. The van der Waals surface area contributed by atoms with Crippen LogP contribution in [0.5, 0.6) is 5.75 Å². The Morgan fingerprint density at radius 2 is 1.81 bits per heavy atom. The van der Waals surface area contributed by atoms with Crippen molar-refractivity contribution in [3.63, 3.8) is 0 Å². The van der Waals surface area contributed by atoms with E-state index in [-0.39, 0.29) is 35.6 Å². The lowest BCUT2D eigenvalue weighted by atomic mass is 9.93. The van der Waals surface area contributed by atoms with Crippen molar-refractivity contribution >= 4 is 23.4 Å². The standard InChI is InChI=1S/C31H25F3N4O4/c1-42-20-5-7-26-22(14-20)23(31(41)38-26)15-28(39)37-27(11-16-9-18(32)13-19(33)10-16)29-21(3-2-8-36-29)17-4-6-25(34)24(12-17)30(35)40/h2-10,12-14,23,27H,11,15H2,1H3,(H2,35,40)(H,37,39)(H,38,41)/t23?,27-/m0/s1. The molecular weight excluding hydrogens is 549 g/mol. The summed E-state index contributed by atoms with van der Waals surface area (Å²) in [5, 5.41) is 5.62. The monoisotopic (exact) mass is 574 g/mol. The summed E-state index contributed by atoms with van der Waals surface area (Å²) in [5.41, 5.74) is 7.50. The number of nitrogens with one attached hydrogen (secondary N) is 2. The van der Waals surface area contributed by atoms with Crippen LogP contribution in [0, 0.1) is 17.5 Å². The second-order valence-corrected chi connectivity index (χ2v) is 9.80. The first-order valence-corrected chi connectivity index (χ1v) is 12.9. The van der Waals surface area contributed by atoms with Gasteiger partial charge in [-0.1, -0.05) is 12.1 Å². The van der Waals surface area contributed by atoms with Crippen LogP contribution >= 0.6 is 0 Å². The smallest absolute Gasteiger partial charge is 0.251 e. The summed E-state index contributed by atoms with van der Waals surface area (Å²) >= 11 is 0. The number of halogens is 3. The van der Waals surface area contributed by atoms with E-state index in [9.17, 15) is 27.6 Å². The average molecular weight is 575 g/mol. The minimum Gasteiger partial charge on any atom is -0.497 e. The summed E-state index contributed by atoms with van der Waals surface area (Å²) in [6.45, 7) is 0. The second-order valence-electron chi connectivity index (χ2n) is 9.80. The summed E-state index contributed by atoms with van der Waals surface area (Å²) in [4.78, 5) is 42.4. The summed E-state index contributed by atoms with van der Waals surface area (Å²) in [6.07, 6.45) is 1.16. The van der Waals surface area contributed by atoms with Crippen LogP contribution in [0.1, 0.15) is 45.6 Å². The maximum atomic E-state index is 14.2. The largest absolute Gasteiger partial charge is 0.497 e. The highest BCUT2D eigenvalue weighted by Gasteiger charge is 2.33. The molecule has 4 N–H and O–H groups in total. The number of pyridine rings is 1. The number of fused-ring (bicyclic) bond motifs is 1. The van der Waals surface area contributed by atoms with Crippen LogP contribution < -0.4 is 21.1 Å². The molecule has 5 rings (SSSR count). The van der Waals surface area contributed by atoms with Gasteiger partial charge in [0.2, 0.25) is 11.8 Å². The topological polar surface area (TPSA) is 123 Å². The normalized spacial score (nSPS) is 14.6. The second kappa shape index (κ2) is 11.7. The number of aromatic nitrogens is 1. The molecule has 1 aromatic heterocycles. The zero-order valence-corrected chi connectivity index (χ0v) is 22.3. The summed E-state index contributed by atoms with van der Waals surface area (Å²) in [7, 11) is 1.49. The highest BCUT2D eigenvalue weighted by molar-refractivity contribution is 6.05. The number of methoxy groups -OCH3 is 1. The first-order valence-electron chi connectivity index (χ1n) is 12.9. The fourth-order valence-corrected chi connectivity index (χ4v) is 5.07. The summed E-state index contributed by atoms with van der Waals surface area (Å²) in [5.74, 6) is -4.53. The molecule has 1 unspecified atom stereocenters. The highest BCUT2D eigenvalue weighted by Crippen LogP contribution is 2.37. The van der Waals surface area contributed by atoms with Crippen LogP contribution in [0.15, 0.2) is 72.9 Å². The molecule has 0 bridgehead atoms. The van der Waals surface area contributed by atoms with E-state index in [2.05, 4.69) is 15.6 Å². The number of ether oxygens (including phenoxy) is 1. The Morgan fingerprint density at radius 3 is 2.52 bits per heavy atom. The van der Waals surface area contributed by atoms with Crippen molar-refractivity contribution in [1.29, 1.82) is 0 Å². The molecule has 42 heavy (non-hydrogen) atoms. The maximum Gasteiger partial charge on any atom is 0.251 e. The van der Waals surface area contributed by atoms with Gasteiger partial charge in [0, 0.05) is 29.9 Å². The van der Waals surface area contributed by atoms with Crippen molar-refractivity contribution in [3.8, 4) is 16.9 Å². The third-order valence-corrected chi connectivity index (χ3v) is 7.01. The molecule has 3 aromatic carbocycles. The van der Waals surface area contributed by atoms with Gasteiger partial charge in [0.1, 0.15) is 23.2 Å². The molecule has 11 heteroatoms. The number of carbonyl (C=O) groups is 3. The van der Waals surface area contributed by atoms with Gasteiger partial charge in [-0.2, -0.15) is 0 Å². The van der Waals surface area contributed by atoms with E-state index in [1.807, 2.05) is 0 Å². The van der Waals surface area contributed by atoms with Crippen molar-refractivity contribution in [2.75, 3.05) is 12.4 Å². The molecule has 1 aliphatic rings. The van der Waals surface area contributed by atoms with Crippen LogP contribution in [-0.2, 0) is 16.0 Å². The van der Waals surface area contributed by atoms with Crippen LogP contribution in [0.25, 0.3) is 11.1 Å². The number of nitrogens with zero attached hydrogens (tertiary/aromatic N) is 1. The van der Waals surface area contributed by atoms with E-state index in [0.717, 1.165) is 24.3 Å². The Bertz CT molecular complexity index is 1690. The van der Waals surface area contributed by atoms with Crippen molar-refractivity contribution in [2.45, 2.75) is 24.8 Å². The molecule has 4 aromatic rings. The molecule has 0 aliphatic carbocycles. The van der Waals surface area contributed by atoms with E-state index < -0.39 is 41.2 Å². The third-order valence-electron chi connectivity index (χ3n) is 7.01. The van der Waals surface area contributed by atoms with Crippen molar-refractivity contribution in [3.05, 3.63) is 113 Å². The summed E-state index contributed by atoms with van der Waals surface area (Å²) in [6, 6.07) is 14.2. The minimum absolute atomic E-state index is 0.0738. The minimum atomic E-state index is -0.966. The molecule has 2 heterocycles. The number of hydrogen-bond donors (Lipinski definition) is 3. The van der Waals surface area contributed by atoms with Crippen molar-refractivity contribution in [2.24, 2.45) is 5.73 Å². The molecule has 8 nitrogen and oxygen atoms in total. The number of amides is 3. The van der Waals surface area contributed by atoms with Crippen LogP contribution in [0.2, 0.25) is 0 Å². The quantitative estimate of drug-likeness (QED) is 0.265. The van der Waals surface area contributed by atoms with Crippen LogP contribution in [-0.4, -0.2) is 29.8 Å². The third kappa shape index (κ3) is 5.95. The Labute approximate surface area is 238 Å². The Kier molecular flexibility index (Phi) is 7.92. The number of nitrogens with two attached hydrogens (primary N) is 1. The van der Waals surface area contributed by atoms with Gasteiger partial charge >= 0.3 is 0 Å². The Balaban J connectivity index is 1.51. The SMILES string of the molecule is COc1ccc2c(c1)C(CC(=O)N[C@@H](Cc1cc(F)cc(F)c1)c1ncccc1-c1ccc(F)c(C(N)=O)c1)C(=O)N2. The zero-order chi connectivity index (χ0) is 30.0. The van der Waals surface area contributed by atoms with Crippen molar-refractivity contribution < 1.29 is 32.3 Å². The van der Waals surface area contributed by atoms with Gasteiger partial charge in [-0.05, 0) is 71.6 Å². The molecule has 214 valence electrons. The number of primary amides is 1. The molecule has 0 fully saturated rings. The number of hydrogen-bond acceptors (Lipinski definition) is 5. The van der Waals surface area contributed by atoms with Gasteiger partial charge in [0.05, 0.1) is 30.3 Å². The fourth-order valence-electron chi connectivity index (χ4n) is 5.07. The molecule has 0 saturated heterocycles. The number of rotatable bonds is 9. The molecule has 0 spiro atoms. The van der Waals surface area contributed by atoms with Crippen LogP contribution in [0.3, 0.4) is 0 Å². The molecule has 2 atom stereocenters.